The number of hydrogen-bond acceptors (Lipinski definition) is 1. The molecule has 0 bridgehead atoms. The third-order valence-electron chi connectivity index (χ3n) is 2.55. The molecule has 1 aromatic carbocycles. The van der Waals surface area contributed by atoms with Crippen LogP contribution in [0.1, 0.15) is 24.4 Å². The van der Waals surface area contributed by atoms with E-state index < -0.39 is 23.5 Å². The first kappa shape index (κ1) is 9.52. The van der Waals surface area contributed by atoms with Gasteiger partial charge in [-0.2, -0.15) is 0 Å². The van der Waals surface area contributed by atoms with Crippen LogP contribution in [0.5, 0.6) is 0 Å². The lowest BCUT2D eigenvalue weighted by Crippen LogP contribution is -2.15. The molecular weight excluding hydrogens is 191 g/mol. The van der Waals surface area contributed by atoms with Gasteiger partial charge in [0.2, 0.25) is 0 Å². The highest BCUT2D eigenvalue weighted by molar-refractivity contribution is 5.24. The van der Waals surface area contributed by atoms with Crippen LogP contribution in [0.15, 0.2) is 12.1 Å². The molecule has 0 aromatic heterocycles. The standard InChI is InChI=1S/C10H10F3N/c11-7-4-3-6(8(12)9(7)13)10(14)5-1-2-5/h3-5,10H,1-2,14H2/t10-/m0/s1. The summed E-state index contributed by atoms with van der Waals surface area (Å²) in [5.74, 6) is -3.54. The smallest absolute Gasteiger partial charge is 0.194 e. The predicted octanol–water partition coefficient (Wildman–Crippen LogP) is 2.51. The summed E-state index contributed by atoms with van der Waals surface area (Å²) in [5, 5.41) is 0. The van der Waals surface area contributed by atoms with E-state index in [1.54, 1.807) is 0 Å². The Kier molecular flexibility index (Phi) is 2.23. The van der Waals surface area contributed by atoms with Gasteiger partial charge < -0.3 is 5.73 Å². The predicted molar refractivity (Wildman–Crippen MR) is 46.0 cm³/mol. The Balaban J connectivity index is 2.38. The Bertz CT molecular complexity index is 361. The van der Waals surface area contributed by atoms with Crippen LogP contribution in [0.25, 0.3) is 0 Å². The zero-order valence-electron chi connectivity index (χ0n) is 7.43. The molecule has 1 aromatic rings. The van der Waals surface area contributed by atoms with E-state index in [-0.39, 0.29) is 11.5 Å². The molecule has 0 heterocycles. The van der Waals surface area contributed by atoms with Crippen LogP contribution in [0.2, 0.25) is 0 Å². The summed E-state index contributed by atoms with van der Waals surface area (Å²) in [6.07, 6.45) is 1.86. The molecule has 0 aliphatic heterocycles. The van der Waals surface area contributed by atoms with Crippen molar-refractivity contribution < 1.29 is 13.2 Å². The van der Waals surface area contributed by atoms with Crippen LogP contribution in [0, 0.1) is 23.4 Å². The molecule has 1 saturated carbocycles. The molecule has 0 amide bonds. The summed E-state index contributed by atoms with van der Waals surface area (Å²) in [7, 11) is 0. The van der Waals surface area contributed by atoms with Crippen molar-refractivity contribution in [3.05, 3.63) is 35.1 Å². The highest BCUT2D eigenvalue weighted by atomic mass is 19.2. The van der Waals surface area contributed by atoms with Gasteiger partial charge in [-0.05, 0) is 24.8 Å². The van der Waals surface area contributed by atoms with Crippen LogP contribution in [0.3, 0.4) is 0 Å². The topological polar surface area (TPSA) is 26.0 Å². The van der Waals surface area contributed by atoms with Crippen molar-refractivity contribution in [2.75, 3.05) is 0 Å². The second kappa shape index (κ2) is 3.28. The van der Waals surface area contributed by atoms with Gasteiger partial charge >= 0.3 is 0 Å². The summed E-state index contributed by atoms with van der Waals surface area (Å²) in [4.78, 5) is 0. The lowest BCUT2D eigenvalue weighted by Gasteiger charge is -2.11. The monoisotopic (exact) mass is 201 g/mol. The first-order chi connectivity index (χ1) is 6.61. The Morgan fingerprint density at radius 1 is 1.14 bits per heavy atom. The van der Waals surface area contributed by atoms with Crippen molar-refractivity contribution in [1.29, 1.82) is 0 Å². The van der Waals surface area contributed by atoms with Crippen molar-refractivity contribution >= 4 is 0 Å². The maximum absolute atomic E-state index is 13.2. The summed E-state index contributed by atoms with van der Waals surface area (Å²) in [6, 6.07) is 1.62. The summed E-state index contributed by atoms with van der Waals surface area (Å²) >= 11 is 0. The molecule has 0 unspecified atom stereocenters. The Morgan fingerprint density at radius 2 is 1.79 bits per heavy atom. The van der Waals surface area contributed by atoms with Crippen molar-refractivity contribution in [3.8, 4) is 0 Å². The molecule has 0 saturated heterocycles. The molecule has 2 rings (SSSR count). The number of rotatable bonds is 2. The highest BCUT2D eigenvalue weighted by Crippen LogP contribution is 2.40. The quantitative estimate of drug-likeness (QED) is 0.731. The Hall–Kier alpha value is -1.03. The normalized spacial score (nSPS) is 18.3. The first-order valence-electron chi connectivity index (χ1n) is 4.50. The zero-order chi connectivity index (χ0) is 10.3. The van der Waals surface area contributed by atoms with E-state index in [0.29, 0.717) is 0 Å². The summed E-state index contributed by atoms with van der Waals surface area (Å²) in [6.45, 7) is 0. The van der Waals surface area contributed by atoms with Gasteiger partial charge in [0.1, 0.15) is 0 Å². The molecule has 0 spiro atoms. The van der Waals surface area contributed by atoms with Crippen LogP contribution in [-0.2, 0) is 0 Å². The molecule has 14 heavy (non-hydrogen) atoms. The fourth-order valence-electron chi connectivity index (χ4n) is 1.51. The molecule has 1 nitrogen and oxygen atoms in total. The summed E-state index contributed by atoms with van der Waals surface area (Å²) < 4.78 is 38.6. The van der Waals surface area contributed by atoms with E-state index in [1.807, 2.05) is 0 Å². The van der Waals surface area contributed by atoms with Crippen LogP contribution < -0.4 is 5.73 Å². The molecule has 1 fully saturated rings. The van der Waals surface area contributed by atoms with Gasteiger partial charge in [-0.3, -0.25) is 0 Å². The molecule has 0 radical (unpaired) electrons. The largest absolute Gasteiger partial charge is 0.324 e. The Labute approximate surface area is 79.7 Å². The zero-order valence-corrected chi connectivity index (χ0v) is 7.43. The van der Waals surface area contributed by atoms with Crippen molar-refractivity contribution in [3.63, 3.8) is 0 Å². The van der Waals surface area contributed by atoms with E-state index in [4.69, 9.17) is 5.73 Å². The average molecular weight is 201 g/mol. The lowest BCUT2D eigenvalue weighted by atomic mass is 10.0. The van der Waals surface area contributed by atoms with Gasteiger partial charge in [-0.15, -0.1) is 0 Å². The fourth-order valence-corrected chi connectivity index (χ4v) is 1.51. The maximum Gasteiger partial charge on any atom is 0.194 e. The number of hydrogen-bond donors (Lipinski definition) is 1. The molecular formula is C10H10F3N. The fraction of sp³-hybridized carbons (Fsp3) is 0.400. The van der Waals surface area contributed by atoms with Gasteiger partial charge in [0.25, 0.3) is 0 Å². The van der Waals surface area contributed by atoms with E-state index in [1.165, 1.54) is 6.07 Å². The number of benzene rings is 1. The molecule has 2 N–H and O–H groups in total. The van der Waals surface area contributed by atoms with Crippen molar-refractivity contribution in [2.24, 2.45) is 11.7 Å². The third kappa shape index (κ3) is 1.50. The number of nitrogens with two attached hydrogens (primary N) is 1. The lowest BCUT2D eigenvalue weighted by molar-refractivity contribution is 0.431. The molecule has 4 heteroatoms. The Morgan fingerprint density at radius 3 is 2.36 bits per heavy atom. The SMILES string of the molecule is N[C@H](c1ccc(F)c(F)c1F)C1CC1. The minimum atomic E-state index is -1.43. The van der Waals surface area contributed by atoms with Crippen LogP contribution in [-0.4, -0.2) is 0 Å². The first-order valence-corrected chi connectivity index (χ1v) is 4.50. The van der Waals surface area contributed by atoms with Gasteiger partial charge in [0, 0.05) is 11.6 Å². The summed E-state index contributed by atoms with van der Waals surface area (Å²) in [5.41, 5.74) is 5.77. The minimum absolute atomic E-state index is 0.0754. The second-order valence-electron chi connectivity index (χ2n) is 3.63. The van der Waals surface area contributed by atoms with Gasteiger partial charge in [-0.25, -0.2) is 13.2 Å². The van der Waals surface area contributed by atoms with Crippen molar-refractivity contribution in [2.45, 2.75) is 18.9 Å². The van der Waals surface area contributed by atoms with E-state index in [9.17, 15) is 13.2 Å². The molecule has 1 aliphatic rings. The van der Waals surface area contributed by atoms with E-state index >= 15 is 0 Å². The van der Waals surface area contributed by atoms with Gasteiger partial charge in [-0.1, -0.05) is 6.07 Å². The van der Waals surface area contributed by atoms with Crippen molar-refractivity contribution in [1.82, 2.24) is 0 Å². The molecule has 1 aliphatic carbocycles. The van der Waals surface area contributed by atoms with E-state index in [0.717, 1.165) is 18.9 Å². The van der Waals surface area contributed by atoms with Gasteiger partial charge in [0.05, 0.1) is 0 Å². The van der Waals surface area contributed by atoms with Crippen LogP contribution in [0.4, 0.5) is 13.2 Å². The van der Waals surface area contributed by atoms with Gasteiger partial charge in [0.15, 0.2) is 17.5 Å². The molecule has 1 atom stereocenters. The molecule has 76 valence electrons. The van der Waals surface area contributed by atoms with Crippen LogP contribution >= 0.6 is 0 Å². The third-order valence-corrected chi connectivity index (χ3v) is 2.55. The van der Waals surface area contributed by atoms with E-state index in [2.05, 4.69) is 0 Å². The number of halogens is 3. The second-order valence-corrected chi connectivity index (χ2v) is 3.63. The highest BCUT2D eigenvalue weighted by Gasteiger charge is 2.32. The maximum atomic E-state index is 13.2. The average Bonchev–Trinajstić information content (AvgIpc) is 2.97. The minimum Gasteiger partial charge on any atom is -0.324 e.